The maximum absolute atomic E-state index is 15.2. The molecule has 0 radical (unpaired) electrons. The molecule has 0 fully saturated rings. The van der Waals surface area contributed by atoms with Crippen molar-refractivity contribution in [1.82, 2.24) is 9.55 Å². The molecular weight excluding hydrogens is 649 g/mol. The van der Waals surface area contributed by atoms with Crippen LogP contribution in [0.25, 0.3) is 5.69 Å². The largest absolute Gasteiger partial charge is 0.493 e. The third kappa shape index (κ3) is 9.32. The van der Waals surface area contributed by atoms with Crippen molar-refractivity contribution in [2.24, 2.45) is 0 Å². The van der Waals surface area contributed by atoms with E-state index in [0.29, 0.717) is 43.2 Å². The Morgan fingerprint density at radius 3 is 2.36 bits per heavy atom. The lowest BCUT2D eigenvalue weighted by molar-refractivity contribution is 0.0319. The molecular formula is C36H40ClF3N2O4S. The minimum Gasteiger partial charge on any atom is -0.493 e. The van der Waals surface area contributed by atoms with E-state index < -0.39 is 11.6 Å². The Hall–Kier alpha value is -3.02. The van der Waals surface area contributed by atoms with E-state index in [0.717, 1.165) is 66.7 Å². The molecule has 4 aromatic rings. The highest BCUT2D eigenvalue weighted by Crippen LogP contribution is 2.42. The van der Waals surface area contributed by atoms with Gasteiger partial charge in [0, 0.05) is 46.7 Å². The Bertz CT molecular complexity index is 1600. The van der Waals surface area contributed by atoms with Crippen molar-refractivity contribution in [2.45, 2.75) is 62.3 Å². The fraction of sp³-hybridized carbons (Fsp3) is 0.417. The Balaban J connectivity index is 1.25. The van der Waals surface area contributed by atoms with Gasteiger partial charge in [0.15, 0.2) is 5.16 Å². The lowest BCUT2D eigenvalue weighted by Crippen LogP contribution is -2.15. The van der Waals surface area contributed by atoms with Crippen LogP contribution in [-0.2, 0) is 21.6 Å². The summed E-state index contributed by atoms with van der Waals surface area (Å²) < 4.78 is 62.7. The van der Waals surface area contributed by atoms with E-state index in [4.69, 9.17) is 35.9 Å². The molecule has 0 saturated heterocycles. The second-order valence-corrected chi connectivity index (χ2v) is 12.9. The number of aromatic nitrogens is 2. The number of aliphatic hydroxyl groups excluding tert-OH is 1. The number of hydrogen-bond acceptors (Lipinski definition) is 6. The van der Waals surface area contributed by atoms with Gasteiger partial charge in [-0.05, 0) is 86.9 Å². The highest BCUT2D eigenvalue weighted by molar-refractivity contribution is 7.98. The predicted octanol–water partition coefficient (Wildman–Crippen LogP) is 8.59. The number of aryl methyl sites for hydroxylation is 2. The number of nitrogens with zero attached hydrogens (tertiary/aromatic N) is 2. The monoisotopic (exact) mass is 688 g/mol. The van der Waals surface area contributed by atoms with E-state index in [9.17, 15) is 4.39 Å². The molecule has 1 unspecified atom stereocenters. The average molecular weight is 689 g/mol. The molecule has 0 amide bonds. The minimum absolute atomic E-state index is 0.00528. The van der Waals surface area contributed by atoms with Crippen LogP contribution in [0.15, 0.2) is 59.8 Å². The van der Waals surface area contributed by atoms with Crippen LogP contribution in [0, 0.1) is 24.4 Å². The van der Waals surface area contributed by atoms with Crippen LogP contribution < -0.4 is 4.74 Å². The van der Waals surface area contributed by atoms with Crippen LogP contribution in [0.3, 0.4) is 0 Å². The molecule has 1 heterocycles. The molecule has 1 aromatic heterocycles. The van der Waals surface area contributed by atoms with Crippen molar-refractivity contribution in [1.29, 1.82) is 0 Å². The van der Waals surface area contributed by atoms with Gasteiger partial charge in [0.1, 0.15) is 23.2 Å². The van der Waals surface area contributed by atoms with E-state index in [1.165, 1.54) is 36.0 Å². The first kappa shape index (κ1) is 35.3. The first-order valence-electron chi connectivity index (χ1n) is 16.0. The van der Waals surface area contributed by atoms with Gasteiger partial charge < -0.3 is 19.3 Å². The average Bonchev–Trinajstić information content (AvgIpc) is 3.43. The molecule has 3 aromatic carbocycles. The predicted molar refractivity (Wildman–Crippen MR) is 178 cm³/mol. The molecule has 0 spiro atoms. The normalized spacial score (nSPS) is 14.4. The summed E-state index contributed by atoms with van der Waals surface area (Å²) in [5.74, 6) is -1.50. The molecule has 1 N–H and O–H groups in total. The standard InChI is InChI=1S/C36H40ClF3N2O4S/c1-24-20-25(8-13-31(24)37)29-6-5-7-34-35(29)42(27-11-9-26(38)10-12-27)36(41-34)47-23-30-32(39)21-28(22-33(30)40)46-16-4-2-3-15-44-18-19-45-17-14-43/h8-13,20-22,29,43H,2-7,14-19,23H2,1H3. The number of rotatable bonds is 17. The van der Waals surface area contributed by atoms with Crippen molar-refractivity contribution < 1.29 is 32.5 Å². The van der Waals surface area contributed by atoms with Crippen LogP contribution >= 0.6 is 23.4 Å². The maximum atomic E-state index is 15.2. The first-order valence-corrected chi connectivity index (χ1v) is 17.4. The summed E-state index contributed by atoms with van der Waals surface area (Å²) in [6.07, 6.45) is 5.04. The highest BCUT2D eigenvalue weighted by atomic mass is 35.5. The van der Waals surface area contributed by atoms with Gasteiger partial charge in [0.05, 0.1) is 44.4 Å². The lowest BCUT2D eigenvalue weighted by Gasteiger charge is -2.25. The van der Waals surface area contributed by atoms with Crippen molar-refractivity contribution in [2.75, 3.05) is 39.6 Å². The Labute approximate surface area is 283 Å². The summed E-state index contributed by atoms with van der Waals surface area (Å²) in [4.78, 5) is 4.96. The molecule has 1 atom stereocenters. The van der Waals surface area contributed by atoms with Gasteiger partial charge in [0.25, 0.3) is 0 Å². The van der Waals surface area contributed by atoms with Gasteiger partial charge >= 0.3 is 0 Å². The van der Waals surface area contributed by atoms with Crippen LogP contribution in [0.2, 0.25) is 5.02 Å². The molecule has 0 aliphatic heterocycles. The Kier molecular flexibility index (Phi) is 13.1. The quantitative estimate of drug-likeness (QED) is 0.0886. The van der Waals surface area contributed by atoms with Crippen LogP contribution in [0.4, 0.5) is 13.2 Å². The molecule has 5 rings (SSSR count). The van der Waals surface area contributed by atoms with Gasteiger partial charge in [0.2, 0.25) is 0 Å². The van der Waals surface area contributed by atoms with Gasteiger partial charge in [-0.2, -0.15) is 0 Å². The molecule has 252 valence electrons. The van der Waals surface area contributed by atoms with Gasteiger partial charge in [-0.3, -0.25) is 4.57 Å². The molecule has 1 aliphatic rings. The van der Waals surface area contributed by atoms with Crippen molar-refractivity contribution >= 4 is 23.4 Å². The molecule has 0 saturated carbocycles. The Morgan fingerprint density at radius 2 is 1.64 bits per heavy atom. The summed E-state index contributed by atoms with van der Waals surface area (Å²) in [6, 6.07) is 14.7. The van der Waals surface area contributed by atoms with Gasteiger partial charge in [-0.15, -0.1) is 0 Å². The second kappa shape index (κ2) is 17.4. The number of unbranched alkanes of at least 4 members (excludes halogenated alkanes) is 2. The SMILES string of the molecule is Cc1cc(C2CCCc3nc(SCc4c(F)cc(OCCCCCOCCOCCO)cc4F)n(-c4ccc(F)cc4)c32)ccc1Cl. The molecule has 6 nitrogen and oxygen atoms in total. The summed E-state index contributed by atoms with van der Waals surface area (Å²) in [5, 5.41) is 9.97. The highest BCUT2D eigenvalue weighted by Gasteiger charge is 2.30. The smallest absolute Gasteiger partial charge is 0.173 e. The van der Waals surface area contributed by atoms with E-state index in [2.05, 4.69) is 6.07 Å². The second-order valence-electron chi connectivity index (χ2n) is 11.5. The third-order valence-corrected chi connectivity index (χ3v) is 9.52. The minimum atomic E-state index is -0.677. The summed E-state index contributed by atoms with van der Waals surface area (Å²) in [7, 11) is 0. The maximum Gasteiger partial charge on any atom is 0.173 e. The summed E-state index contributed by atoms with van der Waals surface area (Å²) >= 11 is 7.58. The number of fused-ring (bicyclic) bond motifs is 1. The molecule has 1 aliphatic carbocycles. The summed E-state index contributed by atoms with van der Waals surface area (Å²) in [5.41, 5.74) is 4.73. The van der Waals surface area contributed by atoms with E-state index in [-0.39, 0.29) is 35.4 Å². The number of hydrogen-bond donors (Lipinski definition) is 1. The van der Waals surface area contributed by atoms with Crippen LogP contribution in [0.1, 0.15) is 66.1 Å². The molecule has 0 bridgehead atoms. The lowest BCUT2D eigenvalue weighted by atomic mass is 9.83. The van der Waals surface area contributed by atoms with Crippen molar-refractivity contribution in [3.8, 4) is 11.4 Å². The number of aliphatic hydroxyl groups is 1. The fourth-order valence-corrected chi connectivity index (χ4v) is 6.92. The number of imidazole rings is 1. The van der Waals surface area contributed by atoms with Crippen molar-refractivity contribution in [3.05, 3.63) is 105 Å². The Morgan fingerprint density at radius 1 is 0.915 bits per heavy atom. The zero-order chi connectivity index (χ0) is 33.2. The first-order chi connectivity index (χ1) is 22.9. The van der Waals surface area contributed by atoms with Gasteiger partial charge in [-0.1, -0.05) is 35.5 Å². The third-order valence-electron chi connectivity index (χ3n) is 8.13. The van der Waals surface area contributed by atoms with Gasteiger partial charge in [-0.25, -0.2) is 18.2 Å². The zero-order valence-corrected chi connectivity index (χ0v) is 28.0. The number of thioether (sulfide) groups is 1. The van der Waals surface area contributed by atoms with E-state index >= 15 is 8.78 Å². The van der Waals surface area contributed by atoms with Crippen molar-refractivity contribution in [3.63, 3.8) is 0 Å². The molecule has 47 heavy (non-hydrogen) atoms. The number of halogens is 4. The molecule has 11 heteroatoms. The fourth-order valence-electron chi connectivity index (χ4n) is 5.75. The summed E-state index contributed by atoms with van der Waals surface area (Å²) in [6.45, 7) is 4.11. The van der Waals surface area contributed by atoms with E-state index in [1.54, 1.807) is 12.1 Å². The van der Waals surface area contributed by atoms with E-state index in [1.807, 2.05) is 23.6 Å². The topological polar surface area (TPSA) is 65.7 Å². The van der Waals surface area contributed by atoms with Crippen LogP contribution in [0.5, 0.6) is 5.75 Å². The zero-order valence-electron chi connectivity index (χ0n) is 26.5. The van der Waals surface area contributed by atoms with Crippen LogP contribution in [-0.4, -0.2) is 54.3 Å². The number of benzene rings is 3. The number of ether oxygens (including phenoxy) is 3.